The second kappa shape index (κ2) is 9.20. The van der Waals surface area contributed by atoms with E-state index in [2.05, 4.69) is 17.2 Å². The summed E-state index contributed by atoms with van der Waals surface area (Å²) < 4.78 is 52.6. The molecule has 30 heavy (non-hydrogen) atoms. The van der Waals surface area contributed by atoms with Crippen LogP contribution in [0.1, 0.15) is 36.6 Å². The summed E-state index contributed by atoms with van der Waals surface area (Å²) in [6, 6.07) is 6.04. The lowest BCUT2D eigenvalue weighted by atomic mass is 9.99. The molecule has 0 unspecified atom stereocenters. The maximum absolute atomic E-state index is 13.2. The molecule has 1 saturated heterocycles. The minimum atomic E-state index is -4.54. The number of benzene rings is 1. The van der Waals surface area contributed by atoms with Gasteiger partial charge in [0.1, 0.15) is 17.3 Å². The molecule has 1 aliphatic rings. The van der Waals surface area contributed by atoms with Gasteiger partial charge in [0, 0.05) is 30.2 Å². The molecule has 0 spiro atoms. The highest BCUT2D eigenvalue weighted by molar-refractivity contribution is 6.31. The van der Waals surface area contributed by atoms with E-state index in [4.69, 9.17) is 11.6 Å². The predicted octanol–water partition coefficient (Wildman–Crippen LogP) is 4.99. The molecule has 1 aromatic carbocycles. The monoisotopic (exact) mass is 443 g/mol. The van der Waals surface area contributed by atoms with Crippen LogP contribution in [0.4, 0.5) is 23.4 Å². The van der Waals surface area contributed by atoms with E-state index in [0.717, 1.165) is 25.0 Å². The van der Waals surface area contributed by atoms with E-state index >= 15 is 0 Å². The van der Waals surface area contributed by atoms with E-state index in [1.165, 1.54) is 18.2 Å². The minimum Gasteiger partial charge on any atom is -0.356 e. The number of halogens is 5. The third-order valence-electron chi connectivity index (χ3n) is 5.17. The zero-order chi connectivity index (χ0) is 21.9. The molecule has 4 nitrogen and oxygen atoms in total. The zero-order valence-corrected chi connectivity index (χ0v) is 17.2. The number of rotatable bonds is 5. The number of alkyl halides is 3. The van der Waals surface area contributed by atoms with Crippen molar-refractivity contribution in [3.05, 3.63) is 58.0 Å². The van der Waals surface area contributed by atoms with E-state index in [0.29, 0.717) is 30.1 Å². The highest BCUT2D eigenvalue weighted by atomic mass is 35.5. The van der Waals surface area contributed by atoms with Gasteiger partial charge in [-0.3, -0.25) is 4.79 Å². The lowest BCUT2D eigenvalue weighted by molar-refractivity contribution is -0.141. The van der Waals surface area contributed by atoms with E-state index in [1.54, 1.807) is 0 Å². The predicted molar refractivity (Wildman–Crippen MR) is 107 cm³/mol. The van der Waals surface area contributed by atoms with Gasteiger partial charge in [-0.1, -0.05) is 30.7 Å². The summed E-state index contributed by atoms with van der Waals surface area (Å²) >= 11 is 5.95. The summed E-state index contributed by atoms with van der Waals surface area (Å²) in [6.07, 6.45) is -2.87. The molecule has 0 saturated carbocycles. The number of nitrogens with one attached hydrogen (secondary N) is 1. The third kappa shape index (κ3) is 5.62. The SMILES string of the molecule is CC1CCN(c2nc(C(F)(F)F)ccc2CNC(=O)Cc2ccc(F)cc2Cl)CC1. The fourth-order valence-electron chi connectivity index (χ4n) is 3.36. The van der Waals surface area contributed by atoms with Crippen molar-refractivity contribution < 1.29 is 22.4 Å². The number of anilines is 1. The highest BCUT2D eigenvalue weighted by Gasteiger charge is 2.34. The molecule has 3 rings (SSSR count). The van der Waals surface area contributed by atoms with Crippen molar-refractivity contribution in [2.24, 2.45) is 5.92 Å². The van der Waals surface area contributed by atoms with Crippen LogP contribution in [0.2, 0.25) is 5.02 Å². The van der Waals surface area contributed by atoms with Crippen LogP contribution < -0.4 is 10.2 Å². The normalized spacial score (nSPS) is 15.3. The summed E-state index contributed by atoms with van der Waals surface area (Å²) in [5.41, 5.74) is 0.0201. The van der Waals surface area contributed by atoms with Crippen molar-refractivity contribution in [1.82, 2.24) is 10.3 Å². The van der Waals surface area contributed by atoms with Gasteiger partial charge in [0.15, 0.2) is 0 Å². The Morgan fingerprint density at radius 2 is 1.87 bits per heavy atom. The molecule has 0 aliphatic carbocycles. The van der Waals surface area contributed by atoms with Gasteiger partial charge in [-0.05, 0) is 42.5 Å². The maximum atomic E-state index is 13.2. The van der Waals surface area contributed by atoms with Crippen LogP contribution in [0.5, 0.6) is 0 Å². The summed E-state index contributed by atoms with van der Waals surface area (Å²) in [5.74, 6) is -0.116. The van der Waals surface area contributed by atoms with Gasteiger partial charge in [-0.25, -0.2) is 9.37 Å². The van der Waals surface area contributed by atoms with Crippen molar-refractivity contribution >= 4 is 23.3 Å². The lowest BCUT2D eigenvalue weighted by Gasteiger charge is -2.33. The molecule has 2 aromatic rings. The Balaban J connectivity index is 1.74. The van der Waals surface area contributed by atoms with Crippen LogP contribution >= 0.6 is 11.6 Å². The number of amides is 1. The number of carbonyl (C=O) groups is 1. The van der Waals surface area contributed by atoms with Gasteiger partial charge in [-0.15, -0.1) is 0 Å². The Morgan fingerprint density at radius 3 is 2.50 bits per heavy atom. The lowest BCUT2D eigenvalue weighted by Crippen LogP contribution is -2.35. The minimum absolute atomic E-state index is 0.0319. The average Bonchev–Trinajstić information content (AvgIpc) is 2.68. The summed E-state index contributed by atoms with van der Waals surface area (Å²) in [5, 5.41) is 2.84. The molecule has 0 radical (unpaired) electrons. The second-order valence-corrected chi connectivity index (χ2v) is 7.94. The van der Waals surface area contributed by atoms with Gasteiger partial charge in [0.25, 0.3) is 0 Å². The average molecular weight is 444 g/mol. The molecule has 1 aliphatic heterocycles. The van der Waals surface area contributed by atoms with Crippen LogP contribution in [0.25, 0.3) is 0 Å². The molecule has 2 heterocycles. The third-order valence-corrected chi connectivity index (χ3v) is 5.52. The Kier molecular flexibility index (Phi) is 6.85. The molecular weight excluding hydrogens is 422 g/mol. The molecule has 1 amide bonds. The first-order valence-electron chi connectivity index (χ1n) is 9.66. The standard InChI is InChI=1S/C21H22ClF4N3O/c1-13-6-8-29(9-7-13)20-15(3-5-18(28-20)21(24,25)26)12-27-19(30)10-14-2-4-16(23)11-17(14)22/h2-5,11,13H,6-10,12H2,1H3,(H,27,30). The first-order valence-corrected chi connectivity index (χ1v) is 10.0. The molecule has 1 fully saturated rings. The van der Waals surface area contributed by atoms with Gasteiger partial charge in [0.05, 0.1) is 6.42 Å². The second-order valence-electron chi connectivity index (χ2n) is 7.54. The number of aromatic nitrogens is 1. The number of hydrogen-bond donors (Lipinski definition) is 1. The van der Waals surface area contributed by atoms with Crippen molar-refractivity contribution in [2.75, 3.05) is 18.0 Å². The molecule has 1 N–H and O–H groups in total. The molecule has 0 atom stereocenters. The Labute approximate surface area is 177 Å². The summed E-state index contributed by atoms with van der Waals surface area (Å²) in [7, 11) is 0. The van der Waals surface area contributed by atoms with E-state index < -0.39 is 17.7 Å². The van der Waals surface area contributed by atoms with Gasteiger partial charge >= 0.3 is 6.18 Å². The first-order chi connectivity index (χ1) is 14.1. The topological polar surface area (TPSA) is 45.2 Å². The highest BCUT2D eigenvalue weighted by Crippen LogP contribution is 2.32. The molecular formula is C21H22ClF4N3O. The van der Waals surface area contributed by atoms with Gasteiger partial charge < -0.3 is 10.2 Å². The van der Waals surface area contributed by atoms with Gasteiger partial charge in [0.2, 0.25) is 5.91 Å². The largest absolute Gasteiger partial charge is 0.433 e. The first kappa shape index (κ1) is 22.3. The Bertz CT molecular complexity index is 912. The number of nitrogens with zero attached hydrogens (tertiary/aromatic N) is 2. The summed E-state index contributed by atoms with van der Waals surface area (Å²) in [4.78, 5) is 18.0. The van der Waals surface area contributed by atoms with Crippen LogP contribution in [0.3, 0.4) is 0 Å². The smallest absolute Gasteiger partial charge is 0.356 e. The number of carbonyl (C=O) groups excluding carboxylic acids is 1. The fraction of sp³-hybridized carbons (Fsp3) is 0.429. The molecule has 0 bridgehead atoms. The Hall–Kier alpha value is -2.35. The Morgan fingerprint density at radius 1 is 1.20 bits per heavy atom. The van der Waals surface area contributed by atoms with Crippen LogP contribution in [0.15, 0.2) is 30.3 Å². The molecule has 9 heteroatoms. The fourth-order valence-corrected chi connectivity index (χ4v) is 3.60. The van der Waals surface area contributed by atoms with Crippen LogP contribution in [0, 0.1) is 11.7 Å². The maximum Gasteiger partial charge on any atom is 0.433 e. The number of pyridine rings is 1. The van der Waals surface area contributed by atoms with Crippen molar-refractivity contribution in [2.45, 2.75) is 38.9 Å². The number of piperidine rings is 1. The van der Waals surface area contributed by atoms with Crippen molar-refractivity contribution in [3.8, 4) is 0 Å². The summed E-state index contributed by atoms with van der Waals surface area (Å²) in [6.45, 7) is 3.37. The van der Waals surface area contributed by atoms with E-state index in [1.807, 2.05) is 4.90 Å². The van der Waals surface area contributed by atoms with E-state index in [9.17, 15) is 22.4 Å². The van der Waals surface area contributed by atoms with Crippen molar-refractivity contribution in [1.29, 1.82) is 0 Å². The number of hydrogen-bond acceptors (Lipinski definition) is 3. The molecule has 162 valence electrons. The van der Waals surface area contributed by atoms with Crippen LogP contribution in [-0.4, -0.2) is 24.0 Å². The van der Waals surface area contributed by atoms with Crippen molar-refractivity contribution in [3.63, 3.8) is 0 Å². The van der Waals surface area contributed by atoms with E-state index in [-0.39, 0.29) is 29.7 Å². The quantitative estimate of drug-likeness (QED) is 0.662. The van der Waals surface area contributed by atoms with Gasteiger partial charge in [-0.2, -0.15) is 13.2 Å². The molecule has 1 aromatic heterocycles. The zero-order valence-electron chi connectivity index (χ0n) is 16.4. The van der Waals surface area contributed by atoms with Crippen LogP contribution in [-0.2, 0) is 23.9 Å².